The van der Waals surface area contributed by atoms with Gasteiger partial charge in [-0.3, -0.25) is 9.59 Å². The molecule has 1 aliphatic heterocycles. The summed E-state index contributed by atoms with van der Waals surface area (Å²) in [5.41, 5.74) is 0. The van der Waals surface area contributed by atoms with Gasteiger partial charge >= 0.3 is 11.9 Å². The van der Waals surface area contributed by atoms with Crippen LogP contribution >= 0.6 is 0 Å². The minimum Gasteiger partial charge on any atom is -0.465 e. The zero-order valence-electron chi connectivity index (χ0n) is 12.7. The fourth-order valence-electron chi connectivity index (χ4n) is 1.55. The molecular weight excluding hydrogens is 264 g/mol. The van der Waals surface area contributed by atoms with E-state index in [2.05, 4.69) is 0 Å². The van der Waals surface area contributed by atoms with Crippen molar-refractivity contribution in [2.75, 3.05) is 39.6 Å². The predicted molar refractivity (Wildman–Crippen MR) is 73.3 cm³/mol. The molecule has 0 aromatic rings. The van der Waals surface area contributed by atoms with E-state index in [0.717, 1.165) is 32.8 Å². The zero-order valence-corrected chi connectivity index (χ0v) is 12.7. The van der Waals surface area contributed by atoms with E-state index in [1.807, 2.05) is 6.92 Å². The smallest absolute Gasteiger partial charge is 0.320 e. The standard InChI is InChI=1S/C10H18O4.C4H8O2/c1-4-7-8(9(11)13-5-2)10(12)14-6-3;1-2-6-4-3-5-1/h8H,4-7H2,1-3H3;1-4H2. The molecule has 0 aliphatic carbocycles. The van der Waals surface area contributed by atoms with Gasteiger partial charge in [-0.05, 0) is 20.3 Å². The molecule has 0 spiro atoms. The van der Waals surface area contributed by atoms with Crippen molar-refractivity contribution in [1.29, 1.82) is 0 Å². The zero-order chi connectivity index (χ0) is 15.2. The lowest BCUT2D eigenvalue weighted by Gasteiger charge is -2.12. The molecule has 1 heterocycles. The van der Waals surface area contributed by atoms with Crippen LogP contribution in [0.1, 0.15) is 33.6 Å². The molecular formula is C14H26O6. The summed E-state index contributed by atoms with van der Waals surface area (Å²) < 4.78 is 19.5. The van der Waals surface area contributed by atoms with Crippen molar-refractivity contribution in [3.63, 3.8) is 0 Å². The summed E-state index contributed by atoms with van der Waals surface area (Å²) in [6.45, 7) is 9.03. The van der Waals surface area contributed by atoms with Crippen LogP contribution in [0.5, 0.6) is 0 Å². The first-order valence-electron chi connectivity index (χ1n) is 7.16. The molecule has 0 unspecified atom stereocenters. The number of rotatable bonds is 6. The number of hydrogen-bond acceptors (Lipinski definition) is 6. The first-order valence-corrected chi connectivity index (χ1v) is 7.16. The number of ether oxygens (including phenoxy) is 4. The third kappa shape index (κ3) is 8.87. The van der Waals surface area contributed by atoms with E-state index in [9.17, 15) is 9.59 Å². The Kier molecular flexibility index (Phi) is 12.1. The molecule has 20 heavy (non-hydrogen) atoms. The number of carbonyl (C=O) groups excluding carboxylic acids is 2. The Balaban J connectivity index is 0.000000493. The summed E-state index contributed by atoms with van der Waals surface area (Å²) in [5, 5.41) is 0. The molecule has 1 rings (SSSR count). The average Bonchev–Trinajstić information content (AvgIpc) is 2.47. The Hall–Kier alpha value is -1.14. The highest BCUT2D eigenvalue weighted by molar-refractivity contribution is 5.94. The third-order valence-corrected chi connectivity index (χ3v) is 2.46. The highest BCUT2D eigenvalue weighted by atomic mass is 16.6. The van der Waals surface area contributed by atoms with E-state index in [0.29, 0.717) is 19.6 Å². The van der Waals surface area contributed by atoms with Crippen LogP contribution in [0.4, 0.5) is 0 Å². The molecule has 6 heteroatoms. The molecule has 1 fully saturated rings. The van der Waals surface area contributed by atoms with Crippen molar-refractivity contribution in [1.82, 2.24) is 0 Å². The molecule has 0 amide bonds. The van der Waals surface area contributed by atoms with Gasteiger partial charge in [0.25, 0.3) is 0 Å². The van der Waals surface area contributed by atoms with Gasteiger partial charge in [0.05, 0.1) is 39.6 Å². The summed E-state index contributed by atoms with van der Waals surface area (Å²) in [7, 11) is 0. The number of hydrogen-bond donors (Lipinski definition) is 0. The summed E-state index contributed by atoms with van der Waals surface area (Å²) >= 11 is 0. The topological polar surface area (TPSA) is 71.1 Å². The first-order chi connectivity index (χ1) is 9.67. The van der Waals surface area contributed by atoms with Crippen molar-refractivity contribution in [3.8, 4) is 0 Å². The second-order valence-corrected chi connectivity index (χ2v) is 4.07. The molecule has 1 aliphatic rings. The van der Waals surface area contributed by atoms with Crippen molar-refractivity contribution < 1.29 is 28.5 Å². The lowest BCUT2D eigenvalue weighted by molar-refractivity contribution is -0.161. The first kappa shape index (κ1) is 18.9. The second kappa shape index (κ2) is 12.9. The van der Waals surface area contributed by atoms with E-state index in [1.165, 1.54) is 0 Å². The molecule has 0 bridgehead atoms. The Labute approximate surface area is 120 Å². The van der Waals surface area contributed by atoms with Gasteiger partial charge in [-0.15, -0.1) is 0 Å². The normalized spacial score (nSPS) is 14.2. The van der Waals surface area contributed by atoms with Crippen molar-refractivity contribution in [2.24, 2.45) is 5.92 Å². The van der Waals surface area contributed by atoms with Gasteiger partial charge in [-0.2, -0.15) is 0 Å². The van der Waals surface area contributed by atoms with Crippen molar-refractivity contribution in [3.05, 3.63) is 0 Å². The summed E-state index contributed by atoms with van der Waals surface area (Å²) in [4.78, 5) is 22.7. The van der Waals surface area contributed by atoms with E-state index >= 15 is 0 Å². The van der Waals surface area contributed by atoms with E-state index in [4.69, 9.17) is 18.9 Å². The maximum Gasteiger partial charge on any atom is 0.320 e. The fraction of sp³-hybridized carbons (Fsp3) is 0.857. The second-order valence-electron chi connectivity index (χ2n) is 4.07. The van der Waals surface area contributed by atoms with E-state index in [-0.39, 0.29) is 0 Å². The molecule has 6 nitrogen and oxygen atoms in total. The largest absolute Gasteiger partial charge is 0.465 e. The molecule has 118 valence electrons. The van der Waals surface area contributed by atoms with Crippen LogP contribution in [0, 0.1) is 5.92 Å². The molecule has 0 N–H and O–H groups in total. The summed E-state index contributed by atoms with van der Waals surface area (Å²) in [6, 6.07) is 0. The maximum atomic E-state index is 11.3. The molecule has 0 radical (unpaired) electrons. The van der Waals surface area contributed by atoms with Crippen LogP contribution < -0.4 is 0 Å². The highest BCUT2D eigenvalue weighted by Gasteiger charge is 2.28. The molecule has 0 saturated carbocycles. The summed E-state index contributed by atoms with van der Waals surface area (Å²) in [6.07, 6.45) is 1.24. The van der Waals surface area contributed by atoms with Crippen LogP contribution in [0.25, 0.3) is 0 Å². The fourth-order valence-corrected chi connectivity index (χ4v) is 1.55. The quantitative estimate of drug-likeness (QED) is 0.546. The molecule has 1 saturated heterocycles. The Morgan fingerprint density at radius 2 is 1.30 bits per heavy atom. The maximum absolute atomic E-state index is 11.3. The van der Waals surface area contributed by atoms with Gasteiger partial charge in [-0.1, -0.05) is 13.3 Å². The monoisotopic (exact) mass is 290 g/mol. The predicted octanol–water partition coefficient (Wildman–Crippen LogP) is 1.56. The van der Waals surface area contributed by atoms with Gasteiger partial charge in [0, 0.05) is 0 Å². The lowest BCUT2D eigenvalue weighted by Crippen LogP contribution is -2.27. The molecule has 0 aromatic carbocycles. The van der Waals surface area contributed by atoms with Crippen LogP contribution in [0.15, 0.2) is 0 Å². The number of esters is 2. The minimum absolute atomic E-state index is 0.290. The third-order valence-electron chi connectivity index (χ3n) is 2.46. The van der Waals surface area contributed by atoms with E-state index in [1.54, 1.807) is 13.8 Å². The van der Waals surface area contributed by atoms with Crippen LogP contribution in [0.2, 0.25) is 0 Å². The Morgan fingerprint density at radius 3 is 1.55 bits per heavy atom. The van der Waals surface area contributed by atoms with Gasteiger partial charge in [-0.25, -0.2) is 0 Å². The van der Waals surface area contributed by atoms with Crippen LogP contribution in [-0.2, 0) is 28.5 Å². The van der Waals surface area contributed by atoms with Gasteiger partial charge in [0.2, 0.25) is 0 Å². The van der Waals surface area contributed by atoms with Crippen molar-refractivity contribution >= 4 is 11.9 Å². The average molecular weight is 290 g/mol. The minimum atomic E-state index is -0.750. The van der Waals surface area contributed by atoms with Crippen molar-refractivity contribution in [2.45, 2.75) is 33.6 Å². The number of carbonyl (C=O) groups is 2. The van der Waals surface area contributed by atoms with E-state index < -0.39 is 17.9 Å². The van der Waals surface area contributed by atoms with Gasteiger partial charge in [0.15, 0.2) is 5.92 Å². The highest BCUT2D eigenvalue weighted by Crippen LogP contribution is 2.11. The van der Waals surface area contributed by atoms with Crippen LogP contribution in [-0.4, -0.2) is 51.6 Å². The molecule has 0 atom stereocenters. The van der Waals surface area contributed by atoms with Gasteiger partial charge in [0.1, 0.15) is 0 Å². The Morgan fingerprint density at radius 1 is 0.900 bits per heavy atom. The Bertz CT molecular complexity index is 233. The van der Waals surface area contributed by atoms with Crippen LogP contribution in [0.3, 0.4) is 0 Å². The lowest BCUT2D eigenvalue weighted by atomic mass is 10.0. The van der Waals surface area contributed by atoms with Gasteiger partial charge < -0.3 is 18.9 Å². The summed E-state index contributed by atoms with van der Waals surface area (Å²) in [5.74, 6) is -1.71. The molecule has 0 aromatic heterocycles. The SMILES string of the molecule is C1COCCO1.CCCC(C(=O)OCC)C(=O)OCC.